The Bertz CT molecular complexity index is 472. The van der Waals surface area contributed by atoms with Gasteiger partial charge in [-0.1, -0.05) is 32.9 Å². The van der Waals surface area contributed by atoms with E-state index in [2.05, 4.69) is 22.9 Å². The summed E-state index contributed by atoms with van der Waals surface area (Å²) in [5.41, 5.74) is 1.71. The predicted octanol–water partition coefficient (Wildman–Crippen LogP) is 1.90. The summed E-state index contributed by atoms with van der Waals surface area (Å²) in [6.07, 6.45) is 1.00. The monoisotopic (exact) mass is 291 g/mol. The van der Waals surface area contributed by atoms with Gasteiger partial charge in [0.2, 0.25) is 11.8 Å². The maximum absolute atomic E-state index is 11.6. The molecule has 0 atom stereocenters. The zero-order valence-corrected chi connectivity index (χ0v) is 13.0. The van der Waals surface area contributed by atoms with Crippen LogP contribution >= 0.6 is 0 Å². The molecule has 5 nitrogen and oxygen atoms in total. The number of benzene rings is 1. The van der Waals surface area contributed by atoms with Gasteiger partial charge in [0.15, 0.2) is 0 Å². The number of carbonyl (C=O) groups excluding carboxylic acids is 2. The molecule has 1 aromatic carbocycles. The van der Waals surface area contributed by atoms with Gasteiger partial charge in [0.25, 0.3) is 0 Å². The smallest absolute Gasteiger partial charge is 0.234 e. The fourth-order valence-electron chi connectivity index (χ4n) is 1.69. The molecule has 3 N–H and O–H groups in total. The quantitative estimate of drug-likeness (QED) is 0.641. The van der Waals surface area contributed by atoms with E-state index in [4.69, 9.17) is 0 Å². The number of nitrogens with one attached hydrogen (secondary N) is 3. The Hall–Kier alpha value is -1.88. The highest BCUT2D eigenvalue weighted by Crippen LogP contribution is 2.11. The molecular formula is C16H25N3O2. The average molecular weight is 291 g/mol. The second-order valence-electron chi connectivity index (χ2n) is 5.30. The molecule has 0 aliphatic carbocycles. The van der Waals surface area contributed by atoms with Crippen molar-refractivity contribution in [2.24, 2.45) is 5.92 Å². The summed E-state index contributed by atoms with van der Waals surface area (Å²) in [6, 6.07) is 7.51. The molecule has 116 valence electrons. The van der Waals surface area contributed by atoms with Gasteiger partial charge in [0.1, 0.15) is 0 Å². The minimum atomic E-state index is -0.0574. The SMILES string of the molecule is CCCNCC(=O)NCc1cccc(NC(=O)C(C)C)c1. The first-order valence-corrected chi connectivity index (χ1v) is 7.40. The lowest BCUT2D eigenvalue weighted by Gasteiger charge is -2.10. The molecule has 5 heteroatoms. The third-order valence-corrected chi connectivity index (χ3v) is 2.92. The summed E-state index contributed by atoms with van der Waals surface area (Å²) in [7, 11) is 0. The molecule has 0 aliphatic heterocycles. The Morgan fingerprint density at radius 3 is 2.67 bits per heavy atom. The normalized spacial score (nSPS) is 10.5. The fourth-order valence-corrected chi connectivity index (χ4v) is 1.69. The van der Waals surface area contributed by atoms with Crippen molar-refractivity contribution >= 4 is 17.5 Å². The van der Waals surface area contributed by atoms with Gasteiger partial charge in [0, 0.05) is 18.2 Å². The number of anilines is 1. The van der Waals surface area contributed by atoms with Crippen LogP contribution in [0.2, 0.25) is 0 Å². The molecule has 0 spiro atoms. The molecule has 0 saturated heterocycles. The first kappa shape index (κ1) is 17.2. The number of amides is 2. The third kappa shape index (κ3) is 6.90. The van der Waals surface area contributed by atoms with Crippen molar-refractivity contribution in [2.75, 3.05) is 18.4 Å². The van der Waals surface area contributed by atoms with E-state index in [1.54, 1.807) is 0 Å². The van der Waals surface area contributed by atoms with Gasteiger partial charge in [-0.15, -0.1) is 0 Å². The van der Waals surface area contributed by atoms with Crippen molar-refractivity contribution in [2.45, 2.75) is 33.7 Å². The summed E-state index contributed by atoms with van der Waals surface area (Å²) < 4.78 is 0. The molecule has 0 aromatic heterocycles. The summed E-state index contributed by atoms with van der Waals surface area (Å²) in [4.78, 5) is 23.2. The Kier molecular flexibility index (Phi) is 7.46. The van der Waals surface area contributed by atoms with Crippen LogP contribution < -0.4 is 16.0 Å². The lowest BCUT2D eigenvalue weighted by Crippen LogP contribution is -2.33. The van der Waals surface area contributed by atoms with Gasteiger partial charge >= 0.3 is 0 Å². The van der Waals surface area contributed by atoms with Crippen molar-refractivity contribution in [3.8, 4) is 0 Å². The summed E-state index contributed by atoms with van der Waals surface area (Å²) in [5.74, 6) is -0.0991. The van der Waals surface area contributed by atoms with Gasteiger partial charge in [-0.2, -0.15) is 0 Å². The van der Waals surface area contributed by atoms with Crippen molar-refractivity contribution in [1.82, 2.24) is 10.6 Å². The fraction of sp³-hybridized carbons (Fsp3) is 0.500. The van der Waals surface area contributed by atoms with Gasteiger partial charge in [-0.05, 0) is 30.7 Å². The van der Waals surface area contributed by atoms with Gasteiger partial charge < -0.3 is 16.0 Å². The standard InChI is InChI=1S/C16H25N3O2/c1-4-8-17-11-15(20)18-10-13-6-5-7-14(9-13)19-16(21)12(2)3/h5-7,9,12,17H,4,8,10-11H2,1-3H3,(H,18,20)(H,19,21). The van der Waals surface area contributed by atoms with Gasteiger partial charge in [0.05, 0.1) is 6.54 Å². The number of hydrogen-bond donors (Lipinski definition) is 3. The molecule has 21 heavy (non-hydrogen) atoms. The molecule has 2 amide bonds. The molecular weight excluding hydrogens is 266 g/mol. The van der Waals surface area contributed by atoms with Crippen LogP contribution in [-0.4, -0.2) is 24.9 Å². The molecule has 0 bridgehead atoms. The Morgan fingerprint density at radius 2 is 2.00 bits per heavy atom. The van der Waals surface area contributed by atoms with E-state index in [1.807, 2.05) is 38.1 Å². The van der Waals surface area contributed by atoms with E-state index in [0.717, 1.165) is 24.2 Å². The average Bonchev–Trinajstić information content (AvgIpc) is 2.45. The molecule has 0 fully saturated rings. The van der Waals surface area contributed by atoms with Crippen LogP contribution in [0.5, 0.6) is 0 Å². The molecule has 1 rings (SSSR count). The molecule has 0 radical (unpaired) electrons. The van der Waals surface area contributed by atoms with Crippen LogP contribution in [-0.2, 0) is 16.1 Å². The summed E-state index contributed by atoms with van der Waals surface area (Å²) in [5, 5.41) is 8.75. The minimum Gasteiger partial charge on any atom is -0.351 e. The second kappa shape index (κ2) is 9.13. The van der Waals surface area contributed by atoms with Crippen LogP contribution in [0.25, 0.3) is 0 Å². The Labute approximate surface area is 126 Å². The number of hydrogen-bond acceptors (Lipinski definition) is 3. The van der Waals surface area contributed by atoms with Crippen molar-refractivity contribution in [3.05, 3.63) is 29.8 Å². The highest BCUT2D eigenvalue weighted by molar-refractivity contribution is 5.92. The minimum absolute atomic E-state index is 0.0139. The summed E-state index contributed by atoms with van der Waals surface area (Å²) in [6.45, 7) is 7.38. The second-order valence-corrected chi connectivity index (χ2v) is 5.30. The molecule has 1 aromatic rings. The predicted molar refractivity (Wildman–Crippen MR) is 84.9 cm³/mol. The van der Waals surface area contributed by atoms with E-state index >= 15 is 0 Å². The van der Waals surface area contributed by atoms with Crippen LogP contribution in [0.4, 0.5) is 5.69 Å². The third-order valence-electron chi connectivity index (χ3n) is 2.92. The van der Waals surface area contributed by atoms with Crippen LogP contribution in [0.15, 0.2) is 24.3 Å². The molecule has 0 saturated carbocycles. The van der Waals surface area contributed by atoms with Crippen molar-refractivity contribution in [1.29, 1.82) is 0 Å². The van der Waals surface area contributed by atoms with E-state index in [0.29, 0.717) is 13.1 Å². The van der Waals surface area contributed by atoms with Crippen molar-refractivity contribution in [3.63, 3.8) is 0 Å². The Morgan fingerprint density at radius 1 is 1.24 bits per heavy atom. The first-order valence-electron chi connectivity index (χ1n) is 7.40. The lowest BCUT2D eigenvalue weighted by atomic mass is 10.1. The van der Waals surface area contributed by atoms with Crippen LogP contribution in [0, 0.1) is 5.92 Å². The van der Waals surface area contributed by atoms with E-state index in [-0.39, 0.29) is 17.7 Å². The lowest BCUT2D eigenvalue weighted by molar-refractivity contribution is -0.120. The zero-order chi connectivity index (χ0) is 15.7. The van der Waals surface area contributed by atoms with Crippen LogP contribution in [0.1, 0.15) is 32.8 Å². The van der Waals surface area contributed by atoms with E-state index < -0.39 is 0 Å². The molecule has 0 aliphatic rings. The molecule has 0 unspecified atom stereocenters. The highest BCUT2D eigenvalue weighted by Gasteiger charge is 2.07. The molecule has 0 heterocycles. The Balaban J connectivity index is 2.45. The largest absolute Gasteiger partial charge is 0.351 e. The van der Waals surface area contributed by atoms with Crippen molar-refractivity contribution < 1.29 is 9.59 Å². The van der Waals surface area contributed by atoms with E-state index in [9.17, 15) is 9.59 Å². The first-order chi connectivity index (χ1) is 10.0. The summed E-state index contributed by atoms with van der Waals surface area (Å²) >= 11 is 0. The maximum Gasteiger partial charge on any atom is 0.234 e. The zero-order valence-electron chi connectivity index (χ0n) is 13.0. The maximum atomic E-state index is 11.6. The topological polar surface area (TPSA) is 70.2 Å². The van der Waals surface area contributed by atoms with Gasteiger partial charge in [-0.3, -0.25) is 9.59 Å². The highest BCUT2D eigenvalue weighted by atomic mass is 16.2. The van der Waals surface area contributed by atoms with Crippen LogP contribution in [0.3, 0.4) is 0 Å². The van der Waals surface area contributed by atoms with E-state index in [1.165, 1.54) is 0 Å². The van der Waals surface area contributed by atoms with Gasteiger partial charge in [-0.25, -0.2) is 0 Å². The number of carbonyl (C=O) groups is 2. The number of rotatable bonds is 8.